The van der Waals surface area contributed by atoms with Crippen molar-refractivity contribution in [1.82, 2.24) is 14.8 Å². The van der Waals surface area contributed by atoms with Gasteiger partial charge in [-0.05, 0) is 76.8 Å². The van der Waals surface area contributed by atoms with Crippen molar-refractivity contribution in [2.24, 2.45) is 24.6 Å². The number of likely N-dealkylation sites (tertiary alicyclic amines) is 1. The Bertz CT molecular complexity index is 1680. The van der Waals surface area contributed by atoms with Gasteiger partial charge < -0.3 is 30.4 Å². The Morgan fingerprint density at radius 3 is 2.23 bits per heavy atom. The number of amides is 3. The van der Waals surface area contributed by atoms with Crippen LogP contribution in [-0.2, 0) is 21.4 Å². The highest BCUT2D eigenvalue weighted by Gasteiger charge is 2.60. The van der Waals surface area contributed by atoms with Gasteiger partial charge >= 0.3 is 12.1 Å². The van der Waals surface area contributed by atoms with Gasteiger partial charge in [-0.2, -0.15) is 0 Å². The van der Waals surface area contributed by atoms with Crippen LogP contribution in [0.5, 0.6) is 0 Å². The van der Waals surface area contributed by atoms with Gasteiger partial charge in [0.05, 0.1) is 12.1 Å². The number of alkyl halides is 1. The number of benzene rings is 2. The van der Waals surface area contributed by atoms with Crippen molar-refractivity contribution < 1.29 is 33.4 Å². The Hall–Kier alpha value is -4.41. The minimum atomic E-state index is -1.42. The molecule has 1 saturated carbocycles. The van der Waals surface area contributed by atoms with Gasteiger partial charge in [0.1, 0.15) is 23.5 Å². The molecule has 258 valence electrons. The van der Waals surface area contributed by atoms with Gasteiger partial charge in [0.15, 0.2) is 0 Å². The number of rotatable bonds is 9. The third-order valence-electron chi connectivity index (χ3n) is 10.4. The van der Waals surface area contributed by atoms with Crippen molar-refractivity contribution in [1.29, 1.82) is 0 Å². The predicted molar refractivity (Wildman–Crippen MR) is 180 cm³/mol. The highest BCUT2D eigenvalue weighted by atomic mass is 19.1. The van der Waals surface area contributed by atoms with Crippen molar-refractivity contribution in [3.63, 3.8) is 0 Å². The van der Waals surface area contributed by atoms with Crippen LogP contribution in [0.25, 0.3) is 10.9 Å². The number of carbonyl (C=O) groups is 4. The maximum Gasteiger partial charge on any atom is 0.407 e. The van der Waals surface area contributed by atoms with E-state index in [0.29, 0.717) is 48.6 Å². The van der Waals surface area contributed by atoms with Crippen LogP contribution in [0.15, 0.2) is 54.6 Å². The monoisotopic (exact) mass is 662 g/mol. The molecule has 4 N–H and O–H groups in total. The first-order valence-electron chi connectivity index (χ1n) is 16.8. The molecule has 3 amide bonds. The maximum absolute atomic E-state index is 14.9. The standard InChI is InChI=1S/C37H47FN4O6/c1-6-37(34(39)46)26(22-12-8-7-9-13-22)20-29(30-25-14-10-11-15-28(25)41(5)31(30)33(44)45)42(37)32(43)24-18-16-23(17-19-24)27(21-38)40-35(47)48-36(2,3)4/h7-15,23-24,26-27,29H,6,16-21H2,1-5H3,(H2,39,46)(H,40,47)(H,44,45)/t23-,24-,26-,27?,29?,37-/m0/s1. The van der Waals surface area contributed by atoms with E-state index in [1.54, 1.807) is 37.3 Å². The Balaban J connectivity index is 1.55. The number of aromatic nitrogens is 1. The van der Waals surface area contributed by atoms with Crippen LogP contribution < -0.4 is 11.1 Å². The Kier molecular flexibility index (Phi) is 9.89. The topological polar surface area (TPSA) is 144 Å². The van der Waals surface area contributed by atoms with E-state index < -0.39 is 59.7 Å². The number of nitrogens with one attached hydrogen (secondary N) is 1. The third kappa shape index (κ3) is 6.26. The second-order valence-electron chi connectivity index (χ2n) is 14.2. The second kappa shape index (κ2) is 13.6. The first kappa shape index (κ1) is 34.9. The fraction of sp³-hybridized carbons (Fsp3) is 0.514. The van der Waals surface area contributed by atoms with Crippen molar-refractivity contribution in [2.45, 2.75) is 95.4 Å². The number of carbonyl (C=O) groups excluding carboxylic acids is 3. The Morgan fingerprint density at radius 2 is 1.67 bits per heavy atom. The van der Waals surface area contributed by atoms with E-state index in [1.165, 1.54) is 0 Å². The number of alkyl carbamates (subject to hydrolysis) is 1. The molecular weight excluding hydrogens is 615 g/mol. The summed E-state index contributed by atoms with van der Waals surface area (Å²) in [6.45, 7) is 6.29. The molecule has 0 radical (unpaired) electrons. The Labute approximate surface area is 280 Å². The van der Waals surface area contributed by atoms with Crippen LogP contribution in [-0.4, -0.2) is 62.3 Å². The van der Waals surface area contributed by atoms with Gasteiger partial charge in [0, 0.05) is 35.3 Å². The summed E-state index contributed by atoms with van der Waals surface area (Å²) in [5, 5.41) is 13.9. The summed E-state index contributed by atoms with van der Waals surface area (Å²) in [4.78, 5) is 55.6. The van der Waals surface area contributed by atoms with Crippen LogP contribution >= 0.6 is 0 Å². The maximum atomic E-state index is 14.9. The van der Waals surface area contributed by atoms with Gasteiger partial charge in [0.2, 0.25) is 11.8 Å². The normalized spacial score (nSPS) is 25.1. The molecule has 4 atom stereocenters. The average Bonchev–Trinajstić information content (AvgIpc) is 3.56. The lowest BCUT2D eigenvalue weighted by Crippen LogP contribution is -2.60. The van der Waals surface area contributed by atoms with Gasteiger partial charge in [0.25, 0.3) is 0 Å². The van der Waals surface area contributed by atoms with Gasteiger partial charge in [-0.1, -0.05) is 55.5 Å². The van der Waals surface area contributed by atoms with E-state index in [4.69, 9.17) is 10.5 Å². The number of carboxylic acid groups (broad SMARTS) is 1. The lowest BCUT2D eigenvalue weighted by molar-refractivity contribution is -0.151. The zero-order chi connectivity index (χ0) is 35.0. The fourth-order valence-electron chi connectivity index (χ4n) is 8.27. The molecule has 2 unspecified atom stereocenters. The molecule has 1 aliphatic heterocycles. The number of carboxylic acids is 1. The zero-order valence-corrected chi connectivity index (χ0v) is 28.4. The van der Waals surface area contributed by atoms with Crippen LogP contribution in [0.1, 0.15) is 99.8 Å². The highest BCUT2D eigenvalue weighted by molar-refractivity contribution is 6.00. The number of para-hydroxylation sites is 1. The molecule has 11 heteroatoms. The lowest BCUT2D eigenvalue weighted by Gasteiger charge is -2.44. The van der Waals surface area contributed by atoms with Gasteiger partial charge in [-0.3, -0.25) is 9.59 Å². The first-order chi connectivity index (χ1) is 22.7. The summed E-state index contributed by atoms with van der Waals surface area (Å²) in [7, 11) is 1.69. The molecule has 0 spiro atoms. The lowest BCUT2D eigenvalue weighted by atomic mass is 9.75. The number of hydrogen-bond acceptors (Lipinski definition) is 5. The van der Waals surface area contributed by atoms with Gasteiger partial charge in [-0.25, -0.2) is 14.0 Å². The number of hydrogen-bond donors (Lipinski definition) is 3. The molecule has 3 aromatic rings. The summed E-state index contributed by atoms with van der Waals surface area (Å²) in [5.74, 6) is -3.23. The summed E-state index contributed by atoms with van der Waals surface area (Å²) in [6.07, 6.45) is 1.63. The number of aromatic carboxylic acids is 1. The van der Waals surface area contributed by atoms with E-state index in [2.05, 4.69) is 5.32 Å². The first-order valence-corrected chi connectivity index (χ1v) is 16.8. The van der Waals surface area contributed by atoms with Crippen molar-refractivity contribution >= 4 is 34.8 Å². The molecular formula is C37H47FN4O6. The number of ether oxygens (including phenoxy) is 1. The number of aryl methyl sites for hydroxylation is 1. The van der Waals surface area contributed by atoms with E-state index in [9.17, 15) is 28.7 Å². The summed E-state index contributed by atoms with van der Waals surface area (Å²) in [5.41, 5.74) is 6.25. The molecule has 2 fully saturated rings. The molecule has 2 heterocycles. The van der Waals surface area contributed by atoms with Crippen molar-refractivity contribution in [3.05, 3.63) is 71.4 Å². The molecule has 10 nitrogen and oxygen atoms in total. The zero-order valence-electron chi connectivity index (χ0n) is 28.4. The van der Waals surface area contributed by atoms with Crippen LogP contribution in [0.4, 0.5) is 9.18 Å². The number of primary amides is 1. The van der Waals surface area contributed by atoms with E-state index in [0.717, 1.165) is 5.56 Å². The second-order valence-corrected chi connectivity index (χ2v) is 14.2. The molecule has 2 aromatic carbocycles. The summed E-state index contributed by atoms with van der Waals surface area (Å²) in [6, 6.07) is 15.3. The molecule has 1 aliphatic carbocycles. The molecule has 5 rings (SSSR count). The summed E-state index contributed by atoms with van der Waals surface area (Å²) < 4.78 is 21.2. The SMILES string of the molecule is CC[C@@]1(C(N)=O)[C@H](c2ccccc2)CC(c2c(C(=O)O)n(C)c3ccccc23)N1C(=O)[C@H]1CC[C@H](C(CF)NC(=O)OC(C)(C)C)CC1. The molecule has 0 bridgehead atoms. The molecule has 2 aliphatic rings. The largest absolute Gasteiger partial charge is 0.477 e. The number of nitrogens with two attached hydrogens (primary N) is 1. The fourth-order valence-corrected chi connectivity index (χ4v) is 8.27. The average molecular weight is 663 g/mol. The van der Waals surface area contributed by atoms with Gasteiger partial charge in [-0.15, -0.1) is 0 Å². The van der Waals surface area contributed by atoms with E-state index >= 15 is 0 Å². The number of halogens is 1. The smallest absolute Gasteiger partial charge is 0.407 e. The third-order valence-corrected chi connectivity index (χ3v) is 10.4. The Morgan fingerprint density at radius 1 is 1.04 bits per heavy atom. The summed E-state index contributed by atoms with van der Waals surface area (Å²) >= 11 is 0. The van der Waals surface area contributed by atoms with E-state index in [1.807, 2.05) is 61.5 Å². The van der Waals surface area contributed by atoms with Crippen LogP contribution in [0.2, 0.25) is 0 Å². The predicted octanol–water partition coefficient (Wildman–Crippen LogP) is 6.24. The molecule has 1 saturated heterocycles. The number of nitrogens with zero attached hydrogens (tertiary/aromatic N) is 2. The van der Waals surface area contributed by atoms with Crippen molar-refractivity contribution in [2.75, 3.05) is 6.67 Å². The minimum Gasteiger partial charge on any atom is -0.477 e. The molecule has 1 aromatic heterocycles. The highest BCUT2D eigenvalue weighted by Crippen LogP contribution is 2.56. The minimum absolute atomic E-state index is 0.0601. The quantitative estimate of drug-likeness (QED) is 0.248. The molecule has 48 heavy (non-hydrogen) atoms. The van der Waals surface area contributed by atoms with Crippen molar-refractivity contribution in [3.8, 4) is 0 Å². The van der Waals surface area contributed by atoms with Crippen LogP contribution in [0, 0.1) is 11.8 Å². The van der Waals surface area contributed by atoms with Crippen LogP contribution in [0.3, 0.4) is 0 Å². The van der Waals surface area contributed by atoms with E-state index in [-0.39, 0.29) is 23.9 Å². The number of fused-ring (bicyclic) bond motifs is 1.